The van der Waals surface area contributed by atoms with Gasteiger partial charge in [-0.15, -0.1) is 11.3 Å². The van der Waals surface area contributed by atoms with Crippen LogP contribution in [0, 0.1) is 0 Å². The fourth-order valence-electron chi connectivity index (χ4n) is 1.44. The molecule has 2 aromatic rings. The van der Waals surface area contributed by atoms with Gasteiger partial charge in [-0.1, -0.05) is 35.3 Å². The zero-order chi connectivity index (χ0) is 11.5. The van der Waals surface area contributed by atoms with E-state index < -0.39 is 0 Å². The number of nitrogens with two attached hydrogens (primary N) is 1. The quantitative estimate of drug-likeness (QED) is 0.668. The van der Waals surface area contributed by atoms with Crippen molar-refractivity contribution in [3.8, 4) is 0 Å². The van der Waals surface area contributed by atoms with E-state index in [1.807, 2.05) is 12.1 Å². The first kappa shape index (κ1) is 11.8. The Kier molecular flexibility index (Phi) is 3.78. The third kappa shape index (κ3) is 2.21. The molecular weight excluding hydrogens is 265 g/mol. The molecule has 0 amide bonds. The van der Waals surface area contributed by atoms with Crippen LogP contribution in [0.15, 0.2) is 29.9 Å². The van der Waals surface area contributed by atoms with Crippen molar-refractivity contribution in [3.05, 3.63) is 50.4 Å². The fraction of sp³-hybridized carbons (Fsp3) is 0.100. The third-order valence-electron chi connectivity index (χ3n) is 2.20. The highest BCUT2D eigenvalue weighted by Gasteiger charge is 2.18. The minimum atomic E-state index is -0.182. The first-order valence-corrected chi connectivity index (χ1v) is 6.16. The van der Waals surface area contributed by atoms with Crippen LogP contribution in [0.2, 0.25) is 10.0 Å². The molecule has 1 atom stereocenters. The molecule has 0 fully saturated rings. The Morgan fingerprint density at radius 2 is 2.19 bits per heavy atom. The largest absolute Gasteiger partial charge is 0.271 e. The lowest BCUT2D eigenvalue weighted by Gasteiger charge is -2.16. The third-order valence-corrected chi connectivity index (χ3v) is 3.87. The average molecular weight is 274 g/mol. The molecule has 0 aliphatic carbocycles. The highest BCUT2D eigenvalue weighted by atomic mass is 35.5. The molecule has 16 heavy (non-hydrogen) atoms. The summed E-state index contributed by atoms with van der Waals surface area (Å²) < 4.78 is 0. The van der Waals surface area contributed by atoms with E-state index in [1.54, 1.807) is 17.8 Å². The second-order valence-corrected chi connectivity index (χ2v) is 4.85. The first-order chi connectivity index (χ1) is 7.74. The topological polar surface area (TPSA) is 50.9 Å². The molecule has 0 saturated heterocycles. The van der Waals surface area contributed by atoms with Gasteiger partial charge in [-0.2, -0.15) is 0 Å². The van der Waals surface area contributed by atoms with Gasteiger partial charge in [-0.25, -0.2) is 5.43 Å². The molecule has 1 heterocycles. The zero-order valence-electron chi connectivity index (χ0n) is 8.15. The van der Waals surface area contributed by atoms with Crippen molar-refractivity contribution in [1.82, 2.24) is 10.4 Å². The van der Waals surface area contributed by atoms with E-state index >= 15 is 0 Å². The number of aromatic nitrogens is 1. The van der Waals surface area contributed by atoms with Gasteiger partial charge in [-0.05, 0) is 11.6 Å². The second kappa shape index (κ2) is 5.12. The summed E-state index contributed by atoms with van der Waals surface area (Å²) in [6.45, 7) is 0. The molecule has 0 aliphatic rings. The highest BCUT2D eigenvalue weighted by molar-refractivity contribution is 7.09. The Hall–Kier alpha value is -0.650. The van der Waals surface area contributed by atoms with Crippen LogP contribution in [0.3, 0.4) is 0 Å². The Morgan fingerprint density at radius 3 is 2.81 bits per heavy atom. The van der Waals surface area contributed by atoms with E-state index in [1.165, 1.54) is 11.3 Å². The van der Waals surface area contributed by atoms with Crippen LogP contribution in [0.4, 0.5) is 0 Å². The van der Waals surface area contributed by atoms with E-state index in [0.717, 1.165) is 10.4 Å². The maximum Gasteiger partial charge on any atom is 0.0833 e. The smallest absolute Gasteiger partial charge is 0.0833 e. The van der Waals surface area contributed by atoms with E-state index in [-0.39, 0.29) is 6.04 Å². The lowest BCUT2D eigenvalue weighted by Crippen LogP contribution is -2.28. The van der Waals surface area contributed by atoms with Crippen molar-refractivity contribution < 1.29 is 0 Å². The van der Waals surface area contributed by atoms with Crippen molar-refractivity contribution in [2.45, 2.75) is 6.04 Å². The van der Waals surface area contributed by atoms with Gasteiger partial charge in [0.15, 0.2) is 0 Å². The Balaban J connectivity index is 2.45. The predicted octanol–water partition coefficient (Wildman–Crippen LogP) is 3.00. The number of nitrogens with one attached hydrogen (secondary N) is 1. The maximum absolute atomic E-state index is 6.14. The van der Waals surface area contributed by atoms with Crippen LogP contribution in [-0.2, 0) is 0 Å². The van der Waals surface area contributed by atoms with E-state index in [4.69, 9.17) is 29.0 Å². The summed E-state index contributed by atoms with van der Waals surface area (Å²) in [5, 5.41) is 1.03. The standard InChI is InChI=1S/C10H9Cl2N3S/c11-7-3-1-2-6(9(7)12)10(15-13)8-4-14-5-16-8/h1-5,10,15H,13H2. The van der Waals surface area contributed by atoms with Crippen LogP contribution >= 0.6 is 34.5 Å². The molecule has 3 N–H and O–H groups in total. The number of nitrogens with zero attached hydrogens (tertiary/aromatic N) is 1. The van der Waals surface area contributed by atoms with Crippen LogP contribution in [0.1, 0.15) is 16.5 Å². The molecule has 0 radical (unpaired) electrons. The SMILES string of the molecule is NNC(c1cncs1)c1cccc(Cl)c1Cl. The number of hydrazine groups is 1. The normalized spacial score (nSPS) is 12.7. The van der Waals surface area contributed by atoms with Crippen LogP contribution in [0.25, 0.3) is 0 Å². The van der Waals surface area contributed by atoms with Crippen molar-refractivity contribution >= 4 is 34.5 Å². The molecular formula is C10H9Cl2N3S. The minimum Gasteiger partial charge on any atom is -0.271 e. The molecule has 0 spiro atoms. The van der Waals surface area contributed by atoms with Gasteiger partial charge in [-0.3, -0.25) is 10.8 Å². The van der Waals surface area contributed by atoms with Gasteiger partial charge >= 0.3 is 0 Å². The molecule has 6 heteroatoms. The van der Waals surface area contributed by atoms with Crippen molar-refractivity contribution in [2.75, 3.05) is 0 Å². The number of hydrogen-bond donors (Lipinski definition) is 2. The monoisotopic (exact) mass is 273 g/mol. The molecule has 2 rings (SSSR count). The van der Waals surface area contributed by atoms with Crippen molar-refractivity contribution in [1.29, 1.82) is 0 Å². The van der Waals surface area contributed by atoms with Crippen LogP contribution in [-0.4, -0.2) is 4.98 Å². The molecule has 0 saturated carbocycles. The van der Waals surface area contributed by atoms with E-state index in [9.17, 15) is 0 Å². The number of halogens is 2. The number of thiazole rings is 1. The molecule has 3 nitrogen and oxygen atoms in total. The van der Waals surface area contributed by atoms with Gasteiger partial charge in [0.05, 0.1) is 21.6 Å². The fourth-order valence-corrected chi connectivity index (χ4v) is 2.55. The summed E-state index contributed by atoms with van der Waals surface area (Å²) in [4.78, 5) is 5.01. The summed E-state index contributed by atoms with van der Waals surface area (Å²) >= 11 is 13.6. The number of benzene rings is 1. The Labute approximate surface area is 107 Å². The molecule has 1 aromatic heterocycles. The van der Waals surface area contributed by atoms with Gasteiger partial charge in [0.2, 0.25) is 0 Å². The van der Waals surface area contributed by atoms with Gasteiger partial charge in [0.25, 0.3) is 0 Å². The predicted molar refractivity (Wildman–Crippen MR) is 67.7 cm³/mol. The van der Waals surface area contributed by atoms with Gasteiger partial charge in [0.1, 0.15) is 0 Å². The molecule has 84 valence electrons. The molecule has 1 aromatic carbocycles. The van der Waals surface area contributed by atoms with E-state index in [0.29, 0.717) is 10.0 Å². The average Bonchev–Trinajstić information content (AvgIpc) is 2.79. The number of rotatable bonds is 3. The summed E-state index contributed by atoms with van der Waals surface area (Å²) in [6.07, 6.45) is 1.76. The summed E-state index contributed by atoms with van der Waals surface area (Å²) in [5.41, 5.74) is 5.31. The summed E-state index contributed by atoms with van der Waals surface area (Å²) in [7, 11) is 0. The second-order valence-electron chi connectivity index (χ2n) is 3.15. The summed E-state index contributed by atoms with van der Waals surface area (Å²) in [6, 6.07) is 5.29. The highest BCUT2D eigenvalue weighted by Crippen LogP contribution is 2.33. The summed E-state index contributed by atoms with van der Waals surface area (Å²) in [5.74, 6) is 5.54. The van der Waals surface area contributed by atoms with Crippen molar-refractivity contribution in [2.24, 2.45) is 5.84 Å². The van der Waals surface area contributed by atoms with Crippen LogP contribution < -0.4 is 11.3 Å². The minimum absolute atomic E-state index is 0.182. The Bertz CT molecular complexity index is 473. The molecule has 0 bridgehead atoms. The van der Waals surface area contributed by atoms with Gasteiger partial charge < -0.3 is 0 Å². The Morgan fingerprint density at radius 1 is 1.38 bits per heavy atom. The van der Waals surface area contributed by atoms with Crippen LogP contribution in [0.5, 0.6) is 0 Å². The zero-order valence-corrected chi connectivity index (χ0v) is 10.5. The molecule has 1 unspecified atom stereocenters. The first-order valence-electron chi connectivity index (χ1n) is 4.52. The number of hydrogen-bond acceptors (Lipinski definition) is 4. The lowest BCUT2D eigenvalue weighted by atomic mass is 10.1. The van der Waals surface area contributed by atoms with Crippen molar-refractivity contribution in [3.63, 3.8) is 0 Å². The molecule has 0 aliphatic heterocycles. The van der Waals surface area contributed by atoms with E-state index in [2.05, 4.69) is 10.4 Å². The maximum atomic E-state index is 6.14. The van der Waals surface area contributed by atoms with Gasteiger partial charge in [0, 0.05) is 11.1 Å². The lowest BCUT2D eigenvalue weighted by molar-refractivity contribution is 0.645.